The van der Waals surface area contributed by atoms with Crippen LogP contribution in [0.4, 0.5) is 10.7 Å². The molecular formula is C13H20N4OS. The summed E-state index contributed by atoms with van der Waals surface area (Å²) in [6.45, 7) is 4.05. The van der Waals surface area contributed by atoms with Gasteiger partial charge in [-0.1, -0.05) is 0 Å². The molecule has 1 saturated carbocycles. The molecule has 3 rings (SSSR count). The first-order valence-electron chi connectivity index (χ1n) is 6.90. The van der Waals surface area contributed by atoms with Gasteiger partial charge >= 0.3 is 0 Å². The van der Waals surface area contributed by atoms with E-state index in [1.54, 1.807) is 0 Å². The van der Waals surface area contributed by atoms with Crippen LogP contribution >= 0.6 is 11.3 Å². The van der Waals surface area contributed by atoms with Crippen LogP contribution in [0.5, 0.6) is 0 Å². The van der Waals surface area contributed by atoms with Crippen molar-refractivity contribution in [3.8, 4) is 0 Å². The molecule has 104 valence electrons. The van der Waals surface area contributed by atoms with Crippen LogP contribution in [0, 0.1) is 0 Å². The van der Waals surface area contributed by atoms with E-state index in [-0.39, 0.29) is 5.91 Å². The van der Waals surface area contributed by atoms with Gasteiger partial charge in [-0.2, -0.15) is 0 Å². The van der Waals surface area contributed by atoms with Crippen LogP contribution in [0.1, 0.15) is 28.9 Å². The highest BCUT2D eigenvalue weighted by Gasteiger charge is 2.26. The summed E-state index contributed by atoms with van der Waals surface area (Å²) in [5.41, 5.74) is 6.60. The molecule has 1 aliphatic heterocycles. The molecule has 4 N–H and O–H groups in total. The minimum Gasteiger partial charge on any atom is -0.397 e. The number of hydrogen-bond acceptors (Lipinski definition) is 5. The molecule has 0 radical (unpaired) electrons. The Morgan fingerprint density at radius 2 is 2.26 bits per heavy atom. The zero-order valence-corrected chi connectivity index (χ0v) is 11.8. The molecule has 1 saturated heterocycles. The van der Waals surface area contributed by atoms with Crippen molar-refractivity contribution in [1.29, 1.82) is 0 Å². The van der Waals surface area contributed by atoms with E-state index in [1.807, 2.05) is 6.07 Å². The van der Waals surface area contributed by atoms with E-state index in [0.717, 1.165) is 50.4 Å². The number of carbonyl (C=O) groups excluding carboxylic acids is 1. The Bertz CT molecular complexity index is 461. The summed E-state index contributed by atoms with van der Waals surface area (Å²) in [5.74, 6) is -0.0100. The van der Waals surface area contributed by atoms with Crippen molar-refractivity contribution < 1.29 is 4.79 Å². The van der Waals surface area contributed by atoms with E-state index in [1.165, 1.54) is 11.3 Å². The van der Waals surface area contributed by atoms with Crippen LogP contribution in [0.2, 0.25) is 0 Å². The maximum absolute atomic E-state index is 12.1. The number of nitrogens with two attached hydrogens (primary N) is 1. The first-order valence-corrected chi connectivity index (χ1v) is 7.71. The van der Waals surface area contributed by atoms with E-state index >= 15 is 0 Å². The smallest absolute Gasteiger partial charge is 0.263 e. The number of nitrogen functional groups attached to an aromatic ring is 1. The number of nitrogens with one attached hydrogen (secondary N) is 2. The van der Waals surface area contributed by atoms with Crippen LogP contribution in [0.25, 0.3) is 0 Å². The van der Waals surface area contributed by atoms with Crippen molar-refractivity contribution in [3.63, 3.8) is 0 Å². The fourth-order valence-corrected chi connectivity index (χ4v) is 3.30. The summed E-state index contributed by atoms with van der Waals surface area (Å²) in [7, 11) is 0. The van der Waals surface area contributed by atoms with E-state index in [0.29, 0.717) is 16.6 Å². The van der Waals surface area contributed by atoms with Crippen LogP contribution in [0.15, 0.2) is 6.07 Å². The second-order valence-corrected chi connectivity index (χ2v) is 6.24. The van der Waals surface area contributed by atoms with Gasteiger partial charge in [0.25, 0.3) is 5.91 Å². The lowest BCUT2D eigenvalue weighted by atomic mass is 10.3. The molecule has 0 unspecified atom stereocenters. The Kier molecular flexibility index (Phi) is 3.61. The maximum atomic E-state index is 12.1. The normalized spacial score (nSPS) is 20.1. The second-order valence-electron chi connectivity index (χ2n) is 5.21. The molecule has 0 aromatic carbocycles. The molecule has 0 atom stereocenters. The standard InChI is InChI=1S/C13H20N4OS/c14-10-8-11(17-6-1-4-15-5-7-17)19-12(10)13(18)16-9-2-3-9/h8-9,15H,1-7,14H2,(H,16,18). The molecule has 2 fully saturated rings. The van der Waals surface area contributed by atoms with Crippen molar-refractivity contribution in [1.82, 2.24) is 10.6 Å². The summed E-state index contributed by atoms with van der Waals surface area (Å²) >= 11 is 1.51. The first kappa shape index (κ1) is 12.7. The average molecular weight is 280 g/mol. The highest BCUT2D eigenvalue weighted by atomic mass is 32.1. The van der Waals surface area contributed by atoms with E-state index in [2.05, 4.69) is 15.5 Å². The highest BCUT2D eigenvalue weighted by Crippen LogP contribution is 2.33. The lowest BCUT2D eigenvalue weighted by molar-refractivity contribution is 0.0956. The summed E-state index contributed by atoms with van der Waals surface area (Å²) in [6.07, 6.45) is 3.32. The van der Waals surface area contributed by atoms with Crippen LogP contribution in [-0.2, 0) is 0 Å². The molecule has 2 aliphatic rings. The highest BCUT2D eigenvalue weighted by molar-refractivity contribution is 7.18. The molecular weight excluding hydrogens is 260 g/mol. The SMILES string of the molecule is Nc1cc(N2CCCNCC2)sc1C(=O)NC1CC1. The van der Waals surface area contributed by atoms with Crippen molar-refractivity contribution in [2.75, 3.05) is 36.8 Å². The van der Waals surface area contributed by atoms with E-state index < -0.39 is 0 Å². The number of anilines is 2. The average Bonchev–Trinajstić information content (AvgIpc) is 3.16. The van der Waals surface area contributed by atoms with E-state index in [4.69, 9.17) is 5.73 Å². The molecule has 1 amide bonds. The van der Waals surface area contributed by atoms with Crippen molar-refractivity contribution in [3.05, 3.63) is 10.9 Å². The monoisotopic (exact) mass is 280 g/mol. The summed E-state index contributed by atoms with van der Waals surface area (Å²) in [4.78, 5) is 15.0. The van der Waals surface area contributed by atoms with Gasteiger partial charge in [-0.15, -0.1) is 11.3 Å². The van der Waals surface area contributed by atoms with E-state index in [9.17, 15) is 4.79 Å². The largest absolute Gasteiger partial charge is 0.397 e. The summed E-state index contributed by atoms with van der Waals surface area (Å²) in [5, 5.41) is 7.49. The van der Waals surface area contributed by atoms with Crippen molar-refractivity contribution >= 4 is 27.9 Å². The van der Waals surface area contributed by atoms with Crippen LogP contribution in [-0.4, -0.2) is 38.1 Å². The molecule has 0 spiro atoms. The van der Waals surface area contributed by atoms with Gasteiger partial charge in [0.1, 0.15) is 4.88 Å². The second kappa shape index (κ2) is 5.38. The molecule has 0 bridgehead atoms. The van der Waals surface area contributed by atoms with Gasteiger partial charge in [-0.3, -0.25) is 4.79 Å². The minimum atomic E-state index is -0.0100. The Labute approximate surface area is 117 Å². The Morgan fingerprint density at radius 1 is 1.42 bits per heavy atom. The first-order chi connectivity index (χ1) is 9.24. The fourth-order valence-electron chi connectivity index (χ4n) is 2.27. The lowest BCUT2D eigenvalue weighted by Gasteiger charge is -2.19. The number of carbonyl (C=O) groups is 1. The summed E-state index contributed by atoms with van der Waals surface area (Å²) in [6, 6.07) is 2.32. The van der Waals surface area contributed by atoms with Gasteiger partial charge < -0.3 is 21.3 Å². The van der Waals surface area contributed by atoms with Gasteiger partial charge in [-0.25, -0.2) is 0 Å². The fraction of sp³-hybridized carbons (Fsp3) is 0.615. The zero-order chi connectivity index (χ0) is 13.2. The topological polar surface area (TPSA) is 70.4 Å². The third kappa shape index (κ3) is 3.01. The molecule has 1 aromatic heterocycles. The van der Waals surface area contributed by atoms with Gasteiger partial charge in [0.05, 0.1) is 10.7 Å². The number of nitrogens with zero attached hydrogens (tertiary/aromatic N) is 1. The predicted molar refractivity (Wildman–Crippen MR) is 78.9 cm³/mol. The van der Waals surface area contributed by atoms with Crippen LogP contribution in [0.3, 0.4) is 0 Å². The zero-order valence-electron chi connectivity index (χ0n) is 10.9. The molecule has 1 aliphatic carbocycles. The maximum Gasteiger partial charge on any atom is 0.263 e. The molecule has 1 aromatic rings. The molecule has 19 heavy (non-hydrogen) atoms. The molecule has 6 heteroatoms. The van der Waals surface area contributed by atoms with Gasteiger partial charge in [-0.05, 0) is 31.9 Å². The Hall–Kier alpha value is -1.27. The third-order valence-electron chi connectivity index (χ3n) is 3.52. The third-order valence-corrected chi connectivity index (χ3v) is 4.73. The Morgan fingerprint density at radius 3 is 3.05 bits per heavy atom. The van der Waals surface area contributed by atoms with Crippen molar-refractivity contribution in [2.24, 2.45) is 0 Å². The number of hydrogen-bond donors (Lipinski definition) is 3. The Balaban J connectivity index is 1.73. The van der Waals surface area contributed by atoms with Gasteiger partial charge in [0, 0.05) is 25.7 Å². The van der Waals surface area contributed by atoms with Crippen molar-refractivity contribution in [2.45, 2.75) is 25.3 Å². The predicted octanol–water partition coefficient (Wildman–Crippen LogP) is 1.02. The lowest BCUT2D eigenvalue weighted by Crippen LogP contribution is -2.27. The van der Waals surface area contributed by atoms with Gasteiger partial charge in [0.15, 0.2) is 0 Å². The van der Waals surface area contributed by atoms with Crippen LogP contribution < -0.4 is 21.3 Å². The number of amides is 1. The number of rotatable bonds is 3. The molecule has 2 heterocycles. The molecule has 5 nitrogen and oxygen atoms in total. The minimum absolute atomic E-state index is 0.0100. The number of thiophene rings is 1. The summed E-state index contributed by atoms with van der Waals surface area (Å²) < 4.78 is 0. The van der Waals surface area contributed by atoms with Gasteiger partial charge in [0.2, 0.25) is 0 Å². The quantitative estimate of drug-likeness (QED) is 0.773.